The fourth-order valence-corrected chi connectivity index (χ4v) is 2.64. The molecule has 1 aromatic heterocycles. The Bertz CT molecular complexity index is 590. The summed E-state index contributed by atoms with van der Waals surface area (Å²) in [6.45, 7) is 8.61. The van der Waals surface area contributed by atoms with Crippen LogP contribution < -0.4 is 5.32 Å². The second-order valence-electron chi connectivity index (χ2n) is 5.11. The molecule has 2 rings (SSSR count). The van der Waals surface area contributed by atoms with Crippen molar-refractivity contribution >= 4 is 0 Å². The Hall–Kier alpha value is -1.68. The summed E-state index contributed by atoms with van der Waals surface area (Å²) >= 11 is 0. The average molecular weight is 289 g/mol. The molecule has 0 amide bonds. The maximum absolute atomic E-state index is 13.8. The van der Waals surface area contributed by atoms with Crippen molar-refractivity contribution in [3.63, 3.8) is 0 Å². The third-order valence-electron chi connectivity index (χ3n) is 3.75. The first-order chi connectivity index (χ1) is 10.2. The van der Waals surface area contributed by atoms with Gasteiger partial charge in [-0.25, -0.2) is 4.39 Å². The van der Waals surface area contributed by atoms with Crippen molar-refractivity contribution < 1.29 is 4.39 Å². The van der Waals surface area contributed by atoms with Crippen molar-refractivity contribution in [2.45, 2.75) is 46.7 Å². The van der Waals surface area contributed by atoms with Crippen LogP contribution in [0.3, 0.4) is 0 Å². The predicted molar refractivity (Wildman–Crippen MR) is 83.9 cm³/mol. The van der Waals surface area contributed by atoms with E-state index in [1.165, 1.54) is 17.3 Å². The molecule has 0 atom stereocenters. The topological polar surface area (TPSA) is 29.9 Å². The highest BCUT2D eigenvalue weighted by Crippen LogP contribution is 2.18. The van der Waals surface area contributed by atoms with E-state index in [4.69, 9.17) is 5.10 Å². The van der Waals surface area contributed by atoms with Crippen LogP contribution in [0, 0.1) is 5.82 Å². The Labute approximate surface area is 126 Å². The summed E-state index contributed by atoms with van der Waals surface area (Å²) in [5, 5.41) is 8.07. The highest BCUT2D eigenvalue weighted by atomic mass is 19.1. The normalized spacial score (nSPS) is 11.0. The van der Waals surface area contributed by atoms with E-state index in [1.54, 1.807) is 6.07 Å². The molecule has 0 unspecified atom stereocenters. The smallest absolute Gasteiger partial charge is 0.128 e. The van der Waals surface area contributed by atoms with Crippen molar-refractivity contribution in [2.75, 3.05) is 6.54 Å². The third-order valence-corrected chi connectivity index (χ3v) is 3.75. The molecule has 0 aliphatic heterocycles. The molecule has 3 nitrogen and oxygen atoms in total. The first kappa shape index (κ1) is 15.7. The molecule has 0 saturated heterocycles. The second-order valence-corrected chi connectivity index (χ2v) is 5.11. The number of rotatable bonds is 7. The lowest BCUT2D eigenvalue weighted by atomic mass is 10.1. The van der Waals surface area contributed by atoms with E-state index in [0.29, 0.717) is 12.1 Å². The third kappa shape index (κ3) is 3.50. The predicted octanol–water partition coefficient (Wildman–Crippen LogP) is 3.30. The number of aromatic nitrogens is 2. The quantitative estimate of drug-likeness (QED) is 0.847. The zero-order valence-electron chi connectivity index (χ0n) is 13.1. The summed E-state index contributed by atoms with van der Waals surface area (Å²) in [5.74, 6) is -0.165. The van der Waals surface area contributed by atoms with E-state index in [0.717, 1.165) is 31.6 Å². The van der Waals surface area contributed by atoms with Crippen molar-refractivity contribution in [1.29, 1.82) is 0 Å². The van der Waals surface area contributed by atoms with Crippen molar-refractivity contribution in [2.24, 2.45) is 0 Å². The number of hydrogen-bond donors (Lipinski definition) is 1. The summed E-state index contributed by atoms with van der Waals surface area (Å²) in [6, 6.07) is 6.92. The number of nitrogens with zero attached hydrogens (tertiary/aromatic N) is 2. The van der Waals surface area contributed by atoms with Gasteiger partial charge in [-0.05, 0) is 25.5 Å². The molecule has 0 aliphatic carbocycles. The fraction of sp³-hybridized carbons (Fsp3) is 0.471. The van der Waals surface area contributed by atoms with Gasteiger partial charge in [0.25, 0.3) is 0 Å². The number of nitrogens with one attached hydrogen (secondary N) is 1. The van der Waals surface area contributed by atoms with E-state index in [1.807, 2.05) is 16.8 Å². The standard InChI is InChI=1S/C17H24FN3/c1-4-16-14(11-19-6-3)17(5-2)21(20-16)12-13-9-7-8-10-15(13)18/h7-10,19H,4-6,11-12H2,1-3H3. The molecule has 1 heterocycles. The van der Waals surface area contributed by atoms with Gasteiger partial charge in [-0.1, -0.05) is 39.0 Å². The Morgan fingerprint density at radius 3 is 2.52 bits per heavy atom. The minimum absolute atomic E-state index is 0.165. The fourth-order valence-electron chi connectivity index (χ4n) is 2.64. The van der Waals surface area contributed by atoms with Gasteiger partial charge < -0.3 is 5.32 Å². The first-order valence-corrected chi connectivity index (χ1v) is 7.72. The zero-order valence-corrected chi connectivity index (χ0v) is 13.1. The maximum atomic E-state index is 13.8. The number of benzene rings is 1. The van der Waals surface area contributed by atoms with Gasteiger partial charge in [-0.3, -0.25) is 4.68 Å². The van der Waals surface area contributed by atoms with E-state index < -0.39 is 0 Å². The van der Waals surface area contributed by atoms with Gasteiger partial charge in [0.05, 0.1) is 12.2 Å². The molecule has 2 aromatic rings. The summed E-state index contributed by atoms with van der Waals surface area (Å²) in [4.78, 5) is 0. The summed E-state index contributed by atoms with van der Waals surface area (Å²) in [5.41, 5.74) is 4.28. The molecular weight excluding hydrogens is 265 g/mol. The van der Waals surface area contributed by atoms with Gasteiger partial charge in [0.2, 0.25) is 0 Å². The van der Waals surface area contributed by atoms with E-state index in [2.05, 4.69) is 26.1 Å². The first-order valence-electron chi connectivity index (χ1n) is 7.72. The molecule has 4 heteroatoms. The zero-order chi connectivity index (χ0) is 15.2. The second kappa shape index (κ2) is 7.36. The van der Waals surface area contributed by atoms with Gasteiger partial charge in [0.15, 0.2) is 0 Å². The van der Waals surface area contributed by atoms with Crippen LogP contribution in [0.15, 0.2) is 24.3 Å². The van der Waals surface area contributed by atoms with Crippen LogP contribution in [0.5, 0.6) is 0 Å². The number of halogens is 1. The molecule has 0 radical (unpaired) electrons. The summed E-state index contributed by atoms with van der Waals surface area (Å²) in [6.07, 6.45) is 1.81. The minimum Gasteiger partial charge on any atom is -0.313 e. The Morgan fingerprint density at radius 2 is 1.90 bits per heavy atom. The van der Waals surface area contributed by atoms with Crippen molar-refractivity contribution in [3.05, 3.63) is 52.6 Å². The monoisotopic (exact) mass is 289 g/mol. The SMILES string of the molecule is CCNCc1c(CC)nn(Cc2ccccc2F)c1CC. The average Bonchev–Trinajstić information content (AvgIpc) is 2.84. The lowest BCUT2D eigenvalue weighted by Crippen LogP contribution is -2.14. The highest BCUT2D eigenvalue weighted by molar-refractivity contribution is 5.28. The Morgan fingerprint density at radius 1 is 1.14 bits per heavy atom. The molecule has 0 saturated carbocycles. The van der Waals surface area contributed by atoms with E-state index in [9.17, 15) is 4.39 Å². The van der Waals surface area contributed by atoms with Crippen LogP contribution in [0.2, 0.25) is 0 Å². The van der Waals surface area contributed by atoms with Crippen molar-refractivity contribution in [1.82, 2.24) is 15.1 Å². The molecule has 0 aliphatic rings. The molecule has 1 aromatic carbocycles. The largest absolute Gasteiger partial charge is 0.313 e. The summed E-state index contributed by atoms with van der Waals surface area (Å²) in [7, 11) is 0. The van der Waals surface area contributed by atoms with Crippen LogP contribution in [0.4, 0.5) is 4.39 Å². The van der Waals surface area contributed by atoms with Crippen molar-refractivity contribution in [3.8, 4) is 0 Å². The molecule has 0 fully saturated rings. The minimum atomic E-state index is -0.165. The highest BCUT2D eigenvalue weighted by Gasteiger charge is 2.16. The van der Waals surface area contributed by atoms with Gasteiger partial charge in [0, 0.05) is 23.4 Å². The van der Waals surface area contributed by atoms with Crippen LogP contribution in [-0.4, -0.2) is 16.3 Å². The Kier molecular flexibility index (Phi) is 5.51. The number of hydrogen-bond acceptors (Lipinski definition) is 2. The molecule has 1 N–H and O–H groups in total. The molecular formula is C17H24FN3. The van der Waals surface area contributed by atoms with Crippen LogP contribution in [-0.2, 0) is 25.9 Å². The van der Waals surface area contributed by atoms with Crippen LogP contribution in [0.1, 0.15) is 43.3 Å². The summed E-state index contributed by atoms with van der Waals surface area (Å²) < 4.78 is 15.8. The molecule has 114 valence electrons. The van der Waals surface area contributed by atoms with E-state index in [-0.39, 0.29) is 5.82 Å². The Balaban J connectivity index is 2.35. The molecule has 0 bridgehead atoms. The molecule has 21 heavy (non-hydrogen) atoms. The lowest BCUT2D eigenvalue weighted by molar-refractivity contribution is 0.573. The van der Waals surface area contributed by atoms with Gasteiger partial charge in [-0.15, -0.1) is 0 Å². The van der Waals surface area contributed by atoms with E-state index >= 15 is 0 Å². The lowest BCUT2D eigenvalue weighted by Gasteiger charge is -2.09. The van der Waals surface area contributed by atoms with Gasteiger partial charge in [-0.2, -0.15) is 5.10 Å². The van der Waals surface area contributed by atoms with Gasteiger partial charge >= 0.3 is 0 Å². The maximum Gasteiger partial charge on any atom is 0.128 e. The number of aryl methyl sites for hydroxylation is 1. The van der Waals surface area contributed by atoms with Gasteiger partial charge in [0.1, 0.15) is 5.82 Å². The molecule has 0 spiro atoms. The van der Waals surface area contributed by atoms with Crippen LogP contribution >= 0.6 is 0 Å². The van der Waals surface area contributed by atoms with Crippen LogP contribution in [0.25, 0.3) is 0 Å².